The van der Waals surface area contributed by atoms with E-state index in [2.05, 4.69) is 15.0 Å². The van der Waals surface area contributed by atoms with Gasteiger partial charge in [0.25, 0.3) is 6.01 Å². The van der Waals surface area contributed by atoms with Crippen LogP contribution >= 0.6 is 11.6 Å². The molecule has 2 aromatic heterocycles. The van der Waals surface area contributed by atoms with Crippen molar-refractivity contribution in [3.63, 3.8) is 0 Å². The van der Waals surface area contributed by atoms with Crippen LogP contribution in [0.2, 0.25) is 5.02 Å². The van der Waals surface area contributed by atoms with Crippen LogP contribution in [0, 0.1) is 11.6 Å². The Kier molecular flexibility index (Phi) is 5.29. The number of halogens is 3. The van der Waals surface area contributed by atoms with E-state index in [1.165, 1.54) is 18.2 Å². The van der Waals surface area contributed by atoms with Crippen molar-refractivity contribution < 1.29 is 28.1 Å². The number of benzene rings is 1. The topological polar surface area (TPSA) is 89.5 Å². The third-order valence-corrected chi connectivity index (χ3v) is 6.04. The predicted molar refractivity (Wildman–Crippen MR) is 107 cm³/mol. The molecule has 2 N–H and O–H groups in total. The van der Waals surface area contributed by atoms with Gasteiger partial charge in [-0.3, -0.25) is 0 Å². The van der Waals surface area contributed by atoms with Gasteiger partial charge in [0.15, 0.2) is 11.8 Å². The summed E-state index contributed by atoms with van der Waals surface area (Å²) in [5, 5.41) is 10.2. The maximum Gasteiger partial charge on any atom is 0.296 e. The Morgan fingerprint density at radius 3 is 2.74 bits per heavy atom. The first-order chi connectivity index (χ1) is 14.9. The average Bonchev–Trinajstić information content (AvgIpc) is 3.39. The molecule has 3 aromatic rings. The third-order valence-electron chi connectivity index (χ3n) is 5.71. The molecule has 0 amide bonds. The molecule has 1 aromatic carbocycles. The molecule has 4 heterocycles. The number of hydrogen-bond donors (Lipinski definition) is 2. The van der Waals surface area contributed by atoms with E-state index in [9.17, 15) is 13.9 Å². The fourth-order valence-corrected chi connectivity index (χ4v) is 4.42. The van der Waals surface area contributed by atoms with Crippen LogP contribution in [0.3, 0.4) is 0 Å². The Balaban J connectivity index is 1.36. The SMILES string of the molecule is C[C@H](Cc1nc2nc(O[C@@H]3CO[C@H]4[C@@H]3OC[C@H]4O)[nH]c2cc1Cl)c1c(F)cccc1F. The number of aromatic amines is 1. The standard InChI is InChI=1S/C21H20ClF2N3O4/c1-9(17-11(23)3-2-4-12(17)24)5-13-10(22)6-14-20(25-13)27-21(26-14)31-16-8-30-18-15(28)7-29-19(16)18/h2-4,6,9,15-16,18-19,28H,5,7-8H2,1H3,(H,25,26,27)/t9-,15-,16-,18-,19-/m1/s1. The molecule has 0 bridgehead atoms. The molecule has 5 atom stereocenters. The number of aliphatic hydroxyl groups is 1. The summed E-state index contributed by atoms with van der Waals surface area (Å²) in [6.45, 7) is 2.19. The van der Waals surface area contributed by atoms with Crippen LogP contribution in [0.15, 0.2) is 24.3 Å². The maximum atomic E-state index is 14.1. The second-order valence-corrected chi connectivity index (χ2v) is 8.30. The zero-order valence-corrected chi connectivity index (χ0v) is 17.3. The fraction of sp³-hybridized carbons (Fsp3) is 0.429. The second-order valence-electron chi connectivity index (χ2n) is 7.89. The molecule has 7 nitrogen and oxygen atoms in total. The van der Waals surface area contributed by atoms with Crippen molar-refractivity contribution in [2.24, 2.45) is 0 Å². The summed E-state index contributed by atoms with van der Waals surface area (Å²) in [5.74, 6) is -1.68. The molecule has 2 aliphatic heterocycles. The van der Waals surface area contributed by atoms with E-state index in [1.807, 2.05) is 0 Å². The van der Waals surface area contributed by atoms with Gasteiger partial charge >= 0.3 is 0 Å². The molecule has 5 rings (SSSR count). The highest BCUT2D eigenvalue weighted by Crippen LogP contribution is 2.31. The van der Waals surface area contributed by atoms with Gasteiger partial charge in [0.05, 0.1) is 29.4 Å². The van der Waals surface area contributed by atoms with Gasteiger partial charge in [-0.25, -0.2) is 13.8 Å². The predicted octanol–water partition coefficient (Wildman–Crippen LogP) is 3.14. The summed E-state index contributed by atoms with van der Waals surface area (Å²) in [5.41, 5.74) is 1.42. The van der Waals surface area contributed by atoms with Crippen molar-refractivity contribution in [2.75, 3.05) is 13.2 Å². The number of rotatable bonds is 5. The minimum absolute atomic E-state index is 0.000975. The van der Waals surface area contributed by atoms with Crippen LogP contribution in [0.1, 0.15) is 24.1 Å². The lowest BCUT2D eigenvalue weighted by atomic mass is 9.95. The van der Waals surface area contributed by atoms with E-state index in [0.29, 0.717) is 21.9 Å². The van der Waals surface area contributed by atoms with E-state index in [0.717, 1.165) is 0 Å². The van der Waals surface area contributed by atoms with E-state index in [4.69, 9.17) is 25.8 Å². The normalized spacial score (nSPS) is 26.4. The first-order valence-electron chi connectivity index (χ1n) is 9.97. The van der Waals surface area contributed by atoms with Crippen LogP contribution in [0.5, 0.6) is 6.01 Å². The van der Waals surface area contributed by atoms with Crippen molar-refractivity contribution in [3.8, 4) is 6.01 Å². The van der Waals surface area contributed by atoms with Gasteiger partial charge in [-0.1, -0.05) is 24.6 Å². The first kappa shape index (κ1) is 20.6. The Bertz CT molecular complexity index is 1110. The van der Waals surface area contributed by atoms with Crippen molar-refractivity contribution in [1.82, 2.24) is 15.0 Å². The number of aliphatic hydroxyl groups excluding tert-OH is 1. The number of nitrogens with one attached hydrogen (secondary N) is 1. The minimum Gasteiger partial charge on any atom is -0.456 e. The lowest BCUT2D eigenvalue weighted by molar-refractivity contribution is 0.00706. The van der Waals surface area contributed by atoms with Crippen LogP contribution < -0.4 is 4.74 Å². The fourth-order valence-electron chi connectivity index (χ4n) is 4.19. The second kappa shape index (κ2) is 7.98. The number of nitrogens with zero attached hydrogens (tertiary/aromatic N) is 2. The Hall–Kier alpha value is -2.33. The zero-order valence-electron chi connectivity index (χ0n) is 16.5. The molecule has 164 valence electrons. The monoisotopic (exact) mass is 451 g/mol. The molecule has 0 spiro atoms. The first-order valence-corrected chi connectivity index (χ1v) is 10.4. The Morgan fingerprint density at radius 2 is 1.97 bits per heavy atom. The van der Waals surface area contributed by atoms with E-state index in [-0.39, 0.29) is 37.3 Å². The zero-order chi connectivity index (χ0) is 21.7. The molecule has 2 fully saturated rings. The summed E-state index contributed by atoms with van der Waals surface area (Å²) < 4.78 is 45.2. The van der Waals surface area contributed by atoms with Gasteiger partial charge in [-0.15, -0.1) is 0 Å². The molecule has 31 heavy (non-hydrogen) atoms. The van der Waals surface area contributed by atoms with Crippen molar-refractivity contribution in [3.05, 3.63) is 52.2 Å². The number of imidazole rings is 1. The van der Waals surface area contributed by atoms with Gasteiger partial charge in [-0.05, 0) is 30.5 Å². The van der Waals surface area contributed by atoms with Crippen molar-refractivity contribution >= 4 is 22.8 Å². The average molecular weight is 452 g/mol. The van der Waals surface area contributed by atoms with E-state index >= 15 is 0 Å². The molecular weight excluding hydrogens is 432 g/mol. The van der Waals surface area contributed by atoms with E-state index in [1.54, 1.807) is 13.0 Å². The number of pyridine rings is 1. The van der Waals surface area contributed by atoms with Crippen molar-refractivity contribution in [1.29, 1.82) is 0 Å². The van der Waals surface area contributed by atoms with Gasteiger partial charge < -0.3 is 24.3 Å². The van der Waals surface area contributed by atoms with Crippen LogP contribution in [0.25, 0.3) is 11.2 Å². The van der Waals surface area contributed by atoms with Gasteiger partial charge in [0.2, 0.25) is 0 Å². The number of ether oxygens (including phenoxy) is 3. The quantitative estimate of drug-likeness (QED) is 0.619. The highest BCUT2D eigenvalue weighted by Gasteiger charge is 2.48. The molecule has 0 saturated carbocycles. The van der Waals surface area contributed by atoms with Crippen LogP contribution in [0.4, 0.5) is 8.78 Å². The largest absolute Gasteiger partial charge is 0.456 e. The van der Waals surface area contributed by atoms with Gasteiger partial charge in [-0.2, -0.15) is 4.98 Å². The highest BCUT2D eigenvalue weighted by atomic mass is 35.5. The van der Waals surface area contributed by atoms with Crippen molar-refractivity contribution in [2.45, 2.75) is 43.7 Å². The summed E-state index contributed by atoms with van der Waals surface area (Å²) in [4.78, 5) is 11.8. The Labute approximate surface area is 181 Å². The third kappa shape index (κ3) is 3.76. The highest BCUT2D eigenvalue weighted by molar-refractivity contribution is 6.31. The molecule has 2 aliphatic rings. The van der Waals surface area contributed by atoms with Crippen LogP contribution in [-0.2, 0) is 15.9 Å². The van der Waals surface area contributed by atoms with Gasteiger partial charge in [0, 0.05) is 5.56 Å². The maximum absolute atomic E-state index is 14.1. The van der Waals surface area contributed by atoms with E-state index < -0.39 is 35.9 Å². The molecule has 0 unspecified atom stereocenters. The number of aromatic nitrogens is 3. The number of fused-ring (bicyclic) bond motifs is 2. The summed E-state index contributed by atoms with van der Waals surface area (Å²) in [6, 6.07) is 5.68. The lowest BCUT2D eigenvalue weighted by Crippen LogP contribution is -2.34. The number of H-pyrrole nitrogens is 1. The molecule has 2 saturated heterocycles. The lowest BCUT2D eigenvalue weighted by Gasteiger charge is -2.15. The molecule has 10 heteroatoms. The molecule has 0 radical (unpaired) electrons. The van der Waals surface area contributed by atoms with Gasteiger partial charge in [0.1, 0.15) is 29.9 Å². The van der Waals surface area contributed by atoms with Crippen LogP contribution in [-0.4, -0.2) is 57.7 Å². The number of hydrogen-bond acceptors (Lipinski definition) is 6. The summed E-state index contributed by atoms with van der Waals surface area (Å²) in [7, 11) is 0. The summed E-state index contributed by atoms with van der Waals surface area (Å²) >= 11 is 6.38. The summed E-state index contributed by atoms with van der Waals surface area (Å²) in [6.07, 6.45) is -1.62. The Morgan fingerprint density at radius 1 is 1.23 bits per heavy atom. The minimum atomic E-state index is -0.668. The smallest absolute Gasteiger partial charge is 0.296 e. The molecule has 0 aliphatic carbocycles. The molecular formula is C21H20ClF2N3O4.